The summed E-state index contributed by atoms with van der Waals surface area (Å²) >= 11 is 9.14. The van der Waals surface area contributed by atoms with E-state index in [0.717, 1.165) is 22.1 Å². The molecule has 1 aromatic heterocycles. The molecule has 4 nitrogen and oxygen atoms in total. The smallest absolute Gasteiger partial charge is 0.210 e. The summed E-state index contributed by atoms with van der Waals surface area (Å²) < 4.78 is 14.4. The van der Waals surface area contributed by atoms with Crippen LogP contribution in [0.15, 0.2) is 58.6 Å². The molecule has 2 aromatic carbocycles. The molecule has 0 unspecified atom stereocenters. The Kier molecular flexibility index (Phi) is 5.65. The molecular weight excluding hydrogens is 367 g/mol. The molecular formula is C16H14ClFN4S2. The Labute approximate surface area is 152 Å². The molecule has 24 heavy (non-hydrogen) atoms. The van der Waals surface area contributed by atoms with Crippen LogP contribution in [0.5, 0.6) is 0 Å². The van der Waals surface area contributed by atoms with Gasteiger partial charge in [-0.15, -0.1) is 22.0 Å². The molecule has 0 aliphatic carbocycles. The maximum absolute atomic E-state index is 13.0. The van der Waals surface area contributed by atoms with Crippen LogP contribution in [0.4, 0.5) is 4.39 Å². The van der Waals surface area contributed by atoms with E-state index in [1.807, 2.05) is 24.3 Å². The number of nitrogens with zero attached hydrogens (tertiary/aromatic N) is 3. The standard InChI is InChI=1S/C16H14ClFN4S2/c17-12-3-7-14(8-4-12)23-9-10-24-16-21-20-15(22(16)19)11-1-5-13(18)6-2-11/h1-8H,9-10,19H2. The largest absolute Gasteiger partial charge is 0.335 e. The zero-order valence-corrected chi connectivity index (χ0v) is 14.9. The molecule has 124 valence electrons. The second-order valence-corrected chi connectivity index (χ2v) is 7.50. The number of aromatic nitrogens is 3. The first kappa shape index (κ1) is 17.1. The molecule has 0 saturated carbocycles. The van der Waals surface area contributed by atoms with Gasteiger partial charge in [0.25, 0.3) is 0 Å². The van der Waals surface area contributed by atoms with Crippen LogP contribution in [0.1, 0.15) is 0 Å². The van der Waals surface area contributed by atoms with Crippen LogP contribution in [0.2, 0.25) is 5.02 Å². The van der Waals surface area contributed by atoms with Gasteiger partial charge < -0.3 is 5.84 Å². The van der Waals surface area contributed by atoms with Crippen molar-refractivity contribution in [3.05, 3.63) is 59.4 Å². The third-order valence-electron chi connectivity index (χ3n) is 3.16. The number of halogens is 2. The molecule has 0 aliphatic heterocycles. The van der Waals surface area contributed by atoms with Gasteiger partial charge in [0.05, 0.1) is 0 Å². The molecule has 0 bridgehead atoms. The molecule has 2 N–H and O–H groups in total. The quantitative estimate of drug-likeness (QED) is 0.391. The highest BCUT2D eigenvalue weighted by atomic mass is 35.5. The monoisotopic (exact) mass is 380 g/mol. The van der Waals surface area contributed by atoms with Crippen LogP contribution >= 0.6 is 35.1 Å². The van der Waals surface area contributed by atoms with E-state index in [2.05, 4.69) is 10.2 Å². The van der Waals surface area contributed by atoms with E-state index in [4.69, 9.17) is 17.4 Å². The van der Waals surface area contributed by atoms with Crippen molar-refractivity contribution < 1.29 is 4.39 Å². The Morgan fingerprint density at radius 1 is 0.958 bits per heavy atom. The molecule has 0 spiro atoms. The Bertz CT molecular complexity index is 806. The Balaban J connectivity index is 1.56. The van der Waals surface area contributed by atoms with Crippen molar-refractivity contribution in [3.63, 3.8) is 0 Å². The van der Waals surface area contributed by atoms with Crippen LogP contribution in [0, 0.1) is 5.82 Å². The number of benzene rings is 2. The molecule has 0 saturated heterocycles. The molecule has 0 aliphatic rings. The average Bonchev–Trinajstić information content (AvgIpc) is 2.95. The number of rotatable bonds is 6. The summed E-state index contributed by atoms with van der Waals surface area (Å²) in [6.45, 7) is 0. The van der Waals surface area contributed by atoms with Gasteiger partial charge in [0.15, 0.2) is 5.82 Å². The van der Waals surface area contributed by atoms with Crippen molar-refractivity contribution in [1.82, 2.24) is 14.9 Å². The first-order valence-corrected chi connectivity index (χ1v) is 9.46. The first-order chi connectivity index (χ1) is 11.6. The van der Waals surface area contributed by atoms with Gasteiger partial charge in [-0.2, -0.15) is 0 Å². The molecule has 0 radical (unpaired) electrons. The number of hydrogen-bond donors (Lipinski definition) is 1. The average molecular weight is 381 g/mol. The minimum atomic E-state index is -0.296. The second-order valence-electron chi connectivity index (χ2n) is 4.83. The van der Waals surface area contributed by atoms with Crippen molar-refractivity contribution in [2.24, 2.45) is 0 Å². The third-order valence-corrected chi connectivity index (χ3v) is 5.63. The fraction of sp³-hybridized carbons (Fsp3) is 0.125. The lowest BCUT2D eigenvalue weighted by atomic mass is 10.2. The highest BCUT2D eigenvalue weighted by Crippen LogP contribution is 2.25. The molecule has 3 rings (SSSR count). The summed E-state index contributed by atoms with van der Waals surface area (Å²) in [4.78, 5) is 1.17. The highest BCUT2D eigenvalue weighted by Gasteiger charge is 2.12. The molecule has 0 amide bonds. The summed E-state index contributed by atoms with van der Waals surface area (Å²) in [6, 6.07) is 13.8. The first-order valence-electron chi connectivity index (χ1n) is 7.11. The van der Waals surface area contributed by atoms with Crippen molar-refractivity contribution in [3.8, 4) is 11.4 Å². The molecule has 0 fully saturated rings. The fourth-order valence-electron chi connectivity index (χ4n) is 1.99. The van der Waals surface area contributed by atoms with Gasteiger partial charge in [-0.25, -0.2) is 9.07 Å². The van der Waals surface area contributed by atoms with E-state index in [-0.39, 0.29) is 5.82 Å². The zero-order valence-electron chi connectivity index (χ0n) is 12.5. The Morgan fingerprint density at radius 2 is 1.62 bits per heavy atom. The van der Waals surface area contributed by atoms with Crippen LogP contribution in [0.3, 0.4) is 0 Å². The summed E-state index contributed by atoms with van der Waals surface area (Å²) in [5.41, 5.74) is 0.730. The van der Waals surface area contributed by atoms with Crippen molar-refractivity contribution in [1.29, 1.82) is 0 Å². The number of thioether (sulfide) groups is 2. The predicted molar refractivity (Wildman–Crippen MR) is 98.5 cm³/mol. The topological polar surface area (TPSA) is 56.7 Å². The number of hydrogen-bond acceptors (Lipinski definition) is 5. The molecule has 3 aromatic rings. The van der Waals surface area contributed by atoms with Crippen molar-refractivity contribution in [2.45, 2.75) is 10.1 Å². The summed E-state index contributed by atoms with van der Waals surface area (Å²) in [6.07, 6.45) is 0. The predicted octanol–water partition coefficient (Wildman–Crippen LogP) is 4.34. The van der Waals surface area contributed by atoms with Gasteiger partial charge in [0.2, 0.25) is 5.16 Å². The highest BCUT2D eigenvalue weighted by molar-refractivity contribution is 8.02. The lowest BCUT2D eigenvalue weighted by Crippen LogP contribution is -2.11. The Morgan fingerprint density at radius 3 is 2.33 bits per heavy atom. The van der Waals surface area contributed by atoms with E-state index in [1.165, 1.54) is 33.5 Å². The summed E-state index contributed by atoms with van der Waals surface area (Å²) in [5, 5.41) is 9.55. The van der Waals surface area contributed by atoms with Gasteiger partial charge in [0.1, 0.15) is 5.82 Å². The summed E-state index contributed by atoms with van der Waals surface area (Å²) in [5.74, 6) is 8.01. The van der Waals surface area contributed by atoms with Crippen LogP contribution in [0.25, 0.3) is 11.4 Å². The van der Waals surface area contributed by atoms with Crippen molar-refractivity contribution in [2.75, 3.05) is 17.3 Å². The lowest BCUT2D eigenvalue weighted by Gasteiger charge is -2.04. The van der Waals surface area contributed by atoms with Gasteiger partial charge >= 0.3 is 0 Å². The number of nitrogens with two attached hydrogens (primary N) is 1. The fourth-order valence-corrected chi connectivity index (χ4v) is 3.86. The minimum Gasteiger partial charge on any atom is -0.335 e. The lowest BCUT2D eigenvalue weighted by molar-refractivity contribution is 0.628. The van der Waals surface area contributed by atoms with E-state index in [9.17, 15) is 4.39 Å². The van der Waals surface area contributed by atoms with Gasteiger partial charge in [0, 0.05) is 27.0 Å². The Hall–Kier alpha value is -1.70. The van der Waals surface area contributed by atoms with Gasteiger partial charge in [-0.05, 0) is 48.5 Å². The van der Waals surface area contributed by atoms with Gasteiger partial charge in [-0.1, -0.05) is 23.4 Å². The molecule has 1 heterocycles. The number of nitrogen functional groups attached to an aromatic ring is 1. The molecule has 0 atom stereocenters. The SMILES string of the molecule is Nn1c(SCCSc2ccc(Cl)cc2)nnc1-c1ccc(F)cc1. The third kappa shape index (κ3) is 4.23. The zero-order chi connectivity index (χ0) is 16.9. The van der Waals surface area contributed by atoms with E-state index in [1.54, 1.807) is 23.9 Å². The molecule has 8 heteroatoms. The maximum atomic E-state index is 13.0. The van der Waals surface area contributed by atoms with Crippen LogP contribution in [-0.2, 0) is 0 Å². The van der Waals surface area contributed by atoms with Crippen molar-refractivity contribution >= 4 is 35.1 Å². The van der Waals surface area contributed by atoms with Gasteiger partial charge in [-0.3, -0.25) is 0 Å². The van der Waals surface area contributed by atoms with E-state index >= 15 is 0 Å². The minimum absolute atomic E-state index is 0.296. The normalized spacial score (nSPS) is 10.9. The van der Waals surface area contributed by atoms with E-state index < -0.39 is 0 Å². The van der Waals surface area contributed by atoms with E-state index in [0.29, 0.717) is 11.0 Å². The van der Waals surface area contributed by atoms with Crippen LogP contribution in [-0.4, -0.2) is 26.4 Å². The maximum Gasteiger partial charge on any atom is 0.210 e. The van der Waals surface area contributed by atoms with Crippen LogP contribution < -0.4 is 5.84 Å². The second kappa shape index (κ2) is 7.92. The summed E-state index contributed by atoms with van der Waals surface area (Å²) in [7, 11) is 0.